The number of anilines is 3. The molecule has 5 rings (SSSR count). The predicted octanol–water partition coefficient (Wildman–Crippen LogP) is 4.11. The van der Waals surface area contributed by atoms with Crippen LogP contribution in [0.5, 0.6) is 0 Å². The number of hydrogen-bond acceptors (Lipinski definition) is 6. The van der Waals surface area contributed by atoms with Gasteiger partial charge in [-0.05, 0) is 37.1 Å². The first-order chi connectivity index (χ1) is 12.4. The highest BCUT2D eigenvalue weighted by atomic mass is 16.3. The Hall–Kier alpha value is -3.15. The molecular formula is C19H17N5O. The van der Waals surface area contributed by atoms with Crippen molar-refractivity contribution in [3.63, 3.8) is 0 Å². The van der Waals surface area contributed by atoms with E-state index in [9.17, 15) is 0 Å². The van der Waals surface area contributed by atoms with Gasteiger partial charge in [0.25, 0.3) is 0 Å². The molecule has 0 bridgehead atoms. The van der Waals surface area contributed by atoms with Crippen molar-refractivity contribution in [2.24, 2.45) is 0 Å². The van der Waals surface area contributed by atoms with E-state index < -0.39 is 0 Å². The molecule has 25 heavy (non-hydrogen) atoms. The monoisotopic (exact) mass is 331 g/mol. The maximum Gasteiger partial charge on any atom is 0.196 e. The molecule has 6 heteroatoms. The van der Waals surface area contributed by atoms with Gasteiger partial charge in [0, 0.05) is 18.5 Å². The minimum absolute atomic E-state index is 0.650. The summed E-state index contributed by atoms with van der Waals surface area (Å²) in [5, 5.41) is 4.29. The van der Waals surface area contributed by atoms with Gasteiger partial charge in [0.05, 0.1) is 11.9 Å². The topological polar surface area (TPSA) is 67.1 Å². The minimum atomic E-state index is 0.650. The maximum absolute atomic E-state index is 5.94. The average molecular weight is 331 g/mol. The van der Waals surface area contributed by atoms with Gasteiger partial charge in [-0.25, -0.2) is 15.0 Å². The zero-order valence-corrected chi connectivity index (χ0v) is 13.6. The summed E-state index contributed by atoms with van der Waals surface area (Å²) in [6.07, 6.45) is 5.88. The zero-order chi connectivity index (χ0) is 16.6. The van der Waals surface area contributed by atoms with Crippen molar-refractivity contribution < 1.29 is 4.42 Å². The lowest BCUT2D eigenvalue weighted by Crippen LogP contribution is -2.18. The summed E-state index contributed by atoms with van der Waals surface area (Å²) in [7, 11) is 0. The van der Waals surface area contributed by atoms with Gasteiger partial charge < -0.3 is 14.6 Å². The van der Waals surface area contributed by atoms with E-state index in [1.165, 1.54) is 12.8 Å². The molecule has 4 heterocycles. The largest absolute Gasteiger partial charge is 0.450 e. The molecule has 0 spiro atoms. The summed E-state index contributed by atoms with van der Waals surface area (Å²) in [5.41, 5.74) is 3.16. The Balaban J connectivity index is 1.49. The third-order valence-corrected chi connectivity index (χ3v) is 4.60. The molecule has 6 nitrogen and oxygen atoms in total. The van der Waals surface area contributed by atoms with Crippen LogP contribution in [0.1, 0.15) is 12.8 Å². The highest BCUT2D eigenvalue weighted by Gasteiger charge is 2.15. The molecule has 0 radical (unpaired) electrons. The summed E-state index contributed by atoms with van der Waals surface area (Å²) >= 11 is 0. The van der Waals surface area contributed by atoms with Crippen LogP contribution in [0.3, 0.4) is 0 Å². The summed E-state index contributed by atoms with van der Waals surface area (Å²) in [5.74, 6) is 1.68. The molecule has 124 valence electrons. The molecular weight excluding hydrogens is 314 g/mol. The van der Waals surface area contributed by atoms with Crippen LogP contribution in [0.4, 0.5) is 17.3 Å². The fourth-order valence-corrected chi connectivity index (χ4v) is 3.34. The predicted molar refractivity (Wildman–Crippen MR) is 98.3 cm³/mol. The molecule has 1 aliphatic rings. The van der Waals surface area contributed by atoms with Gasteiger partial charge in [-0.2, -0.15) is 0 Å². The smallest absolute Gasteiger partial charge is 0.196 e. The molecule has 1 fully saturated rings. The molecule has 4 aromatic rings. The maximum atomic E-state index is 5.94. The Labute approximate surface area is 144 Å². The fourth-order valence-electron chi connectivity index (χ4n) is 3.34. The van der Waals surface area contributed by atoms with Gasteiger partial charge in [0.15, 0.2) is 11.4 Å². The van der Waals surface area contributed by atoms with Crippen LogP contribution in [-0.4, -0.2) is 28.0 Å². The number of benzene rings is 1. The lowest BCUT2D eigenvalue weighted by molar-refractivity contribution is 0.667. The number of hydrogen-bond donors (Lipinski definition) is 1. The van der Waals surface area contributed by atoms with Crippen molar-refractivity contribution in [2.45, 2.75) is 12.8 Å². The Morgan fingerprint density at radius 2 is 1.84 bits per heavy atom. The fraction of sp³-hybridized carbons (Fsp3) is 0.211. The van der Waals surface area contributed by atoms with Crippen molar-refractivity contribution in [1.82, 2.24) is 15.0 Å². The number of furan rings is 1. The zero-order valence-electron chi connectivity index (χ0n) is 13.6. The Morgan fingerprint density at radius 1 is 0.960 bits per heavy atom. The molecule has 1 N–H and O–H groups in total. The third-order valence-electron chi connectivity index (χ3n) is 4.60. The summed E-state index contributed by atoms with van der Waals surface area (Å²) in [6, 6.07) is 11.9. The van der Waals surface area contributed by atoms with Gasteiger partial charge in [0.1, 0.15) is 23.2 Å². The van der Waals surface area contributed by atoms with E-state index in [2.05, 4.69) is 25.2 Å². The van der Waals surface area contributed by atoms with E-state index in [-0.39, 0.29) is 0 Å². The van der Waals surface area contributed by atoms with Gasteiger partial charge in [0.2, 0.25) is 0 Å². The minimum Gasteiger partial charge on any atom is -0.450 e. The van der Waals surface area contributed by atoms with Crippen molar-refractivity contribution in [3.05, 3.63) is 48.9 Å². The standard InChI is InChI=1S/C19H17N5O/c1-2-6-15-14(5-1)17-18(25-15)19(22-12-21-17)23-13-7-8-16(20-11-13)24-9-3-4-10-24/h1-2,5-8,11-12H,3-4,9-10H2,(H,21,22,23). The number of rotatable bonds is 3. The number of nitrogens with one attached hydrogen (secondary N) is 1. The molecule has 3 aromatic heterocycles. The first kappa shape index (κ1) is 14.2. The molecule has 1 aromatic carbocycles. The number of fused-ring (bicyclic) bond motifs is 3. The second kappa shape index (κ2) is 5.73. The average Bonchev–Trinajstić information content (AvgIpc) is 3.31. The SMILES string of the molecule is c1ccc2c(c1)oc1c(Nc3ccc(N4CCCC4)nc3)ncnc12. The van der Waals surface area contributed by atoms with E-state index in [4.69, 9.17) is 4.42 Å². The van der Waals surface area contributed by atoms with Crippen LogP contribution in [0.15, 0.2) is 53.3 Å². The van der Waals surface area contributed by atoms with Gasteiger partial charge >= 0.3 is 0 Å². The highest BCUT2D eigenvalue weighted by Crippen LogP contribution is 2.31. The number of para-hydroxylation sites is 1. The van der Waals surface area contributed by atoms with Crippen LogP contribution in [0, 0.1) is 0 Å². The second-order valence-corrected chi connectivity index (χ2v) is 6.22. The van der Waals surface area contributed by atoms with Crippen molar-refractivity contribution in [2.75, 3.05) is 23.3 Å². The van der Waals surface area contributed by atoms with E-state index >= 15 is 0 Å². The third kappa shape index (κ3) is 2.46. The van der Waals surface area contributed by atoms with Gasteiger partial charge in [-0.1, -0.05) is 12.1 Å². The Kier molecular flexibility index (Phi) is 3.26. The van der Waals surface area contributed by atoms with E-state index in [1.54, 1.807) is 6.33 Å². The Morgan fingerprint density at radius 3 is 2.68 bits per heavy atom. The second-order valence-electron chi connectivity index (χ2n) is 6.22. The molecule has 0 amide bonds. The van der Waals surface area contributed by atoms with Crippen LogP contribution < -0.4 is 10.2 Å². The number of pyridine rings is 1. The van der Waals surface area contributed by atoms with Crippen LogP contribution in [-0.2, 0) is 0 Å². The molecule has 0 atom stereocenters. The Bertz CT molecular complexity index is 1030. The van der Waals surface area contributed by atoms with Crippen molar-refractivity contribution in [1.29, 1.82) is 0 Å². The summed E-state index contributed by atoms with van der Waals surface area (Å²) in [4.78, 5) is 15.6. The molecule has 0 aliphatic carbocycles. The van der Waals surface area contributed by atoms with Crippen molar-refractivity contribution in [3.8, 4) is 0 Å². The lowest BCUT2D eigenvalue weighted by Gasteiger charge is -2.16. The van der Waals surface area contributed by atoms with Gasteiger partial charge in [-0.15, -0.1) is 0 Å². The first-order valence-electron chi connectivity index (χ1n) is 8.49. The summed E-state index contributed by atoms with van der Waals surface area (Å²) < 4.78 is 5.94. The summed E-state index contributed by atoms with van der Waals surface area (Å²) in [6.45, 7) is 2.18. The van der Waals surface area contributed by atoms with Gasteiger partial charge in [-0.3, -0.25) is 0 Å². The molecule has 1 saturated heterocycles. The van der Waals surface area contributed by atoms with E-state index in [0.717, 1.165) is 41.1 Å². The van der Waals surface area contributed by atoms with Crippen LogP contribution >= 0.6 is 0 Å². The normalized spacial score (nSPS) is 14.5. The number of aromatic nitrogens is 3. The van der Waals surface area contributed by atoms with E-state index in [1.807, 2.05) is 42.6 Å². The molecule has 0 saturated carbocycles. The number of nitrogens with zero attached hydrogens (tertiary/aromatic N) is 4. The molecule has 0 unspecified atom stereocenters. The quantitative estimate of drug-likeness (QED) is 0.609. The first-order valence-corrected chi connectivity index (χ1v) is 8.49. The lowest BCUT2D eigenvalue weighted by atomic mass is 10.2. The van der Waals surface area contributed by atoms with Crippen LogP contribution in [0.25, 0.3) is 22.1 Å². The van der Waals surface area contributed by atoms with Crippen molar-refractivity contribution >= 4 is 39.4 Å². The van der Waals surface area contributed by atoms with E-state index in [0.29, 0.717) is 11.4 Å². The highest BCUT2D eigenvalue weighted by molar-refractivity contribution is 6.05. The van der Waals surface area contributed by atoms with Crippen LogP contribution in [0.2, 0.25) is 0 Å². The molecule has 1 aliphatic heterocycles.